The van der Waals surface area contributed by atoms with Gasteiger partial charge in [-0.1, -0.05) is 0 Å². The number of rotatable bonds is 6. The first-order valence-electron chi connectivity index (χ1n) is 10.4. The lowest BCUT2D eigenvalue weighted by atomic mass is 9.98. The van der Waals surface area contributed by atoms with Crippen molar-refractivity contribution in [2.75, 3.05) is 19.5 Å². The summed E-state index contributed by atoms with van der Waals surface area (Å²) in [6, 6.07) is 5.31. The number of nitrogens with zero attached hydrogens (tertiary/aromatic N) is 4. The van der Waals surface area contributed by atoms with Gasteiger partial charge >= 0.3 is 0 Å². The molecular weight excluding hydrogens is 563 g/mol. The van der Waals surface area contributed by atoms with Gasteiger partial charge in [-0.25, -0.2) is 4.98 Å². The van der Waals surface area contributed by atoms with E-state index in [4.69, 9.17) is 16.3 Å². The number of aliphatic hydroxyl groups is 2. The van der Waals surface area contributed by atoms with E-state index in [0.717, 1.165) is 14.9 Å². The number of imidazole rings is 1. The van der Waals surface area contributed by atoms with E-state index in [1.54, 1.807) is 18.0 Å². The van der Waals surface area contributed by atoms with Crippen LogP contribution in [0.5, 0.6) is 5.75 Å². The van der Waals surface area contributed by atoms with E-state index in [0.29, 0.717) is 29.9 Å². The molecule has 0 radical (unpaired) electrons. The number of aliphatic hydroxyl groups excluding tert-OH is 2. The Kier molecular flexibility index (Phi) is 5.62. The molecule has 10 nitrogen and oxygen atoms in total. The molecule has 2 saturated carbocycles. The number of hydrogen-bond donors (Lipinski definition) is 4. The monoisotopic (exact) mass is 584 g/mol. The second-order valence-electron chi connectivity index (χ2n) is 8.33. The zero-order valence-electron chi connectivity index (χ0n) is 17.8. The van der Waals surface area contributed by atoms with E-state index in [1.165, 1.54) is 7.05 Å². The van der Waals surface area contributed by atoms with Crippen molar-refractivity contribution in [3.05, 3.63) is 38.9 Å². The minimum Gasteiger partial charge on any atom is -0.496 e. The molecule has 174 valence electrons. The number of halogens is 2. The first-order chi connectivity index (χ1) is 15.8. The smallest absolute Gasteiger partial charge is 0.229 e. The summed E-state index contributed by atoms with van der Waals surface area (Å²) in [4.78, 5) is 25.6. The number of hydrogen-bond acceptors (Lipinski definition) is 8. The third-order valence-corrected chi connectivity index (χ3v) is 7.57. The van der Waals surface area contributed by atoms with Gasteiger partial charge in [-0.15, -0.1) is 0 Å². The van der Waals surface area contributed by atoms with Crippen molar-refractivity contribution in [1.29, 1.82) is 0 Å². The second kappa shape index (κ2) is 8.22. The maximum Gasteiger partial charge on any atom is 0.229 e. The van der Waals surface area contributed by atoms with Crippen molar-refractivity contribution in [1.82, 2.24) is 24.8 Å². The third-order valence-electron chi connectivity index (χ3n) is 6.73. The zero-order valence-corrected chi connectivity index (χ0v) is 20.7. The second-order valence-corrected chi connectivity index (χ2v) is 9.91. The number of anilines is 1. The molecule has 1 aromatic carbocycles. The standard InChI is InChI=1S/C21H22ClIN6O4/c1-24-19(32)21-6-11(21)14(15(30)16(21)31)29-8-26-13-17(27-20(22)28-18(13)29)25-7-9-5-10(23)3-4-12(9)33-2/h3-5,8,11,14-16,30-31H,6-7H2,1-2H3,(H,24,32)(H,25,27,28)/t11-,14+,15+,16+,21+/m1/s1. The number of carbonyl (C=O) groups is 1. The van der Waals surface area contributed by atoms with Crippen molar-refractivity contribution in [3.8, 4) is 5.75 Å². The molecule has 0 aliphatic heterocycles. The first kappa shape index (κ1) is 22.6. The van der Waals surface area contributed by atoms with Crippen molar-refractivity contribution < 1.29 is 19.7 Å². The highest BCUT2D eigenvalue weighted by atomic mass is 127. The first-order valence-corrected chi connectivity index (χ1v) is 11.8. The molecule has 2 aliphatic carbocycles. The van der Waals surface area contributed by atoms with Gasteiger partial charge < -0.3 is 30.2 Å². The summed E-state index contributed by atoms with van der Waals surface area (Å²) in [5, 5.41) is 27.3. The summed E-state index contributed by atoms with van der Waals surface area (Å²) < 4.78 is 8.20. The Balaban J connectivity index is 1.49. The molecule has 3 aromatic rings. The van der Waals surface area contributed by atoms with Crippen molar-refractivity contribution in [2.45, 2.75) is 31.2 Å². The Morgan fingerprint density at radius 3 is 2.91 bits per heavy atom. The maximum atomic E-state index is 12.4. The molecular formula is C21H22ClIN6O4. The molecule has 5 atom stereocenters. The Hall–Kier alpha value is -2.22. The lowest BCUT2D eigenvalue weighted by molar-refractivity contribution is -0.132. The van der Waals surface area contributed by atoms with Crippen LogP contribution < -0.4 is 15.4 Å². The van der Waals surface area contributed by atoms with Crippen molar-refractivity contribution in [2.24, 2.45) is 11.3 Å². The van der Waals surface area contributed by atoms with Gasteiger partial charge in [-0.05, 0) is 58.8 Å². The van der Waals surface area contributed by atoms with Crippen LogP contribution in [0.25, 0.3) is 11.2 Å². The number of ether oxygens (including phenoxy) is 1. The van der Waals surface area contributed by atoms with Gasteiger partial charge in [0.2, 0.25) is 11.2 Å². The quantitative estimate of drug-likeness (QED) is 0.254. The van der Waals surface area contributed by atoms with Crippen molar-refractivity contribution in [3.63, 3.8) is 0 Å². The largest absolute Gasteiger partial charge is 0.496 e. The topological polar surface area (TPSA) is 134 Å². The van der Waals surface area contributed by atoms with E-state index in [1.807, 2.05) is 18.2 Å². The van der Waals surface area contributed by atoms with E-state index < -0.39 is 23.7 Å². The Morgan fingerprint density at radius 2 is 2.18 bits per heavy atom. The highest BCUT2D eigenvalue weighted by molar-refractivity contribution is 14.1. The summed E-state index contributed by atoms with van der Waals surface area (Å²) in [5.74, 6) is 0.673. The van der Waals surface area contributed by atoms with Gasteiger partial charge in [-0.3, -0.25) is 4.79 Å². The molecule has 2 fully saturated rings. The summed E-state index contributed by atoms with van der Waals surface area (Å²) in [5.41, 5.74) is 0.843. The van der Waals surface area contributed by atoms with Gasteiger partial charge in [0.25, 0.3) is 0 Å². The summed E-state index contributed by atoms with van der Waals surface area (Å²) >= 11 is 8.47. The normalized spacial score (nSPS) is 27.9. The number of amides is 1. The molecule has 4 N–H and O–H groups in total. The molecule has 0 bridgehead atoms. The summed E-state index contributed by atoms with van der Waals surface area (Å²) in [6.07, 6.45) is -0.288. The SMILES string of the molecule is CNC(=O)[C@@]12C[C@@H]1[C@H](n1cnc3c(NCc4cc(I)ccc4OC)nc(Cl)nc31)[C@H](O)[C@@H]2O. The Bertz CT molecular complexity index is 1250. The fraction of sp³-hybridized carbons (Fsp3) is 0.429. The molecule has 0 saturated heterocycles. The Morgan fingerprint density at radius 1 is 1.39 bits per heavy atom. The molecule has 2 aliphatic rings. The van der Waals surface area contributed by atoms with Gasteiger partial charge in [-0.2, -0.15) is 9.97 Å². The average Bonchev–Trinajstić information content (AvgIpc) is 3.34. The van der Waals surface area contributed by atoms with Crippen LogP contribution in [0.2, 0.25) is 5.28 Å². The van der Waals surface area contributed by atoms with Crippen LogP contribution in [0, 0.1) is 14.9 Å². The van der Waals surface area contributed by atoms with Gasteiger partial charge in [0.05, 0.1) is 31.0 Å². The van der Waals surface area contributed by atoms with E-state index in [9.17, 15) is 15.0 Å². The van der Waals surface area contributed by atoms with Crippen LogP contribution in [0.1, 0.15) is 18.0 Å². The van der Waals surface area contributed by atoms with Crippen LogP contribution in [-0.4, -0.2) is 62.0 Å². The minimum absolute atomic E-state index is 0.0164. The fourth-order valence-electron chi connectivity index (χ4n) is 5.08. The number of methoxy groups -OCH3 is 1. The van der Waals surface area contributed by atoms with Crippen LogP contribution in [-0.2, 0) is 11.3 Å². The number of fused-ring (bicyclic) bond motifs is 2. The summed E-state index contributed by atoms with van der Waals surface area (Å²) in [6.45, 7) is 0.419. The Labute approximate surface area is 207 Å². The van der Waals surface area contributed by atoms with Crippen LogP contribution in [0.4, 0.5) is 5.82 Å². The lowest BCUT2D eigenvalue weighted by Crippen LogP contribution is -2.41. The number of aromatic nitrogens is 4. The fourth-order valence-corrected chi connectivity index (χ4v) is 5.80. The molecule has 2 heterocycles. The molecule has 12 heteroatoms. The van der Waals surface area contributed by atoms with Gasteiger partial charge in [0.1, 0.15) is 11.9 Å². The van der Waals surface area contributed by atoms with Crippen molar-refractivity contribution >= 4 is 57.1 Å². The number of carbonyl (C=O) groups excluding carboxylic acids is 1. The zero-order chi connectivity index (χ0) is 23.5. The van der Waals surface area contributed by atoms with Gasteiger partial charge in [0, 0.05) is 28.6 Å². The van der Waals surface area contributed by atoms with Crippen LogP contribution in [0.3, 0.4) is 0 Å². The predicted octanol–water partition coefficient (Wildman–Crippen LogP) is 1.73. The van der Waals surface area contributed by atoms with Crippen LogP contribution in [0.15, 0.2) is 24.5 Å². The third kappa shape index (κ3) is 3.44. The predicted molar refractivity (Wildman–Crippen MR) is 129 cm³/mol. The average molecular weight is 585 g/mol. The molecule has 33 heavy (non-hydrogen) atoms. The molecule has 0 unspecified atom stereocenters. The molecule has 5 rings (SSSR count). The van der Waals surface area contributed by atoms with E-state index in [2.05, 4.69) is 48.2 Å². The lowest BCUT2D eigenvalue weighted by Gasteiger charge is -2.23. The maximum absolute atomic E-state index is 12.4. The summed E-state index contributed by atoms with van der Waals surface area (Å²) in [7, 11) is 3.14. The van der Waals surface area contributed by atoms with E-state index in [-0.39, 0.29) is 17.1 Å². The number of nitrogens with one attached hydrogen (secondary N) is 2. The number of benzene rings is 1. The highest BCUT2D eigenvalue weighted by Gasteiger charge is 2.75. The van der Waals surface area contributed by atoms with Gasteiger partial charge in [0.15, 0.2) is 17.0 Å². The molecule has 2 aromatic heterocycles. The molecule has 0 spiro atoms. The highest BCUT2D eigenvalue weighted by Crippen LogP contribution is 2.67. The minimum atomic E-state index is -1.17. The van der Waals surface area contributed by atoms with E-state index >= 15 is 0 Å². The van der Waals surface area contributed by atoms with Crippen LogP contribution >= 0.6 is 34.2 Å². The molecule has 1 amide bonds.